The van der Waals surface area contributed by atoms with Gasteiger partial charge in [0.15, 0.2) is 17.0 Å². The van der Waals surface area contributed by atoms with Crippen molar-refractivity contribution in [2.24, 2.45) is 0 Å². The molecule has 0 N–H and O–H groups in total. The lowest BCUT2D eigenvalue weighted by molar-refractivity contribution is 0.0544. The van der Waals surface area contributed by atoms with E-state index in [9.17, 15) is 9.59 Å². The summed E-state index contributed by atoms with van der Waals surface area (Å²) in [6, 6.07) is 20.9. The van der Waals surface area contributed by atoms with E-state index in [0.29, 0.717) is 37.7 Å². The number of aromatic nitrogens is 5. The van der Waals surface area contributed by atoms with Crippen molar-refractivity contribution >= 4 is 63.0 Å². The molecule has 0 fully saturated rings. The largest absolute Gasteiger partial charge is 0.443 e. The van der Waals surface area contributed by atoms with Crippen LogP contribution in [0.3, 0.4) is 0 Å². The number of fused-ring (bicyclic) bond motifs is 2. The smallest absolute Gasteiger partial charge is 0.420 e. The fourth-order valence-electron chi connectivity index (χ4n) is 4.64. The number of para-hydroxylation sites is 1. The molecule has 8 nitrogen and oxygen atoms in total. The summed E-state index contributed by atoms with van der Waals surface area (Å²) in [6.45, 7) is 5.38. The number of carbonyl (C=O) groups is 1. The van der Waals surface area contributed by atoms with Crippen LogP contribution >= 0.6 is 34.8 Å². The number of hydrogen-bond donors (Lipinski definition) is 0. The third kappa shape index (κ3) is 4.88. The van der Waals surface area contributed by atoms with Crippen molar-refractivity contribution < 1.29 is 9.53 Å². The maximum atomic E-state index is 14.4. The van der Waals surface area contributed by atoms with Gasteiger partial charge in [-0.15, -0.1) is 0 Å². The van der Waals surface area contributed by atoms with Gasteiger partial charge in [-0.1, -0.05) is 53.0 Å². The molecule has 0 aliphatic heterocycles. The Morgan fingerprint density at radius 1 is 0.902 bits per heavy atom. The summed E-state index contributed by atoms with van der Waals surface area (Å²) in [6.07, 6.45) is 0.874. The van der Waals surface area contributed by atoms with Gasteiger partial charge in [0, 0.05) is 21.0 Å². The number of halogens is 3. The van der Waals surface area contributed by atoms with Crippen molar-refractivity contribution in [1.29, 1.82) is 0 Å². The molecule has 3 aromatic carbocycles. The van der Waals surface area contributed by atoms with Crippen molar-refractivity contribution in [1.82, 2.24) is 23.7 Å². The van der Waals surface area contributed by atoms with Crippen molar-refractivity contribution in [3.8, 4) is 22.9 Å². The summed E-state index contributed by atoms with van der Waals surface area (Å²) < 4.78 is 10.1. The van der Waals surface area contributed by atoms with Crippen molar-refractivity contribution in [3.05, 3.63) is 105 Å². The predicted molar refractivity (Wildman–Crippen MR) is 162 cm³/mol. The lowest BCUT2D eigenvalue weighted by Gasteiger charge is -2.21. The van der Waals surface area contributed by atoms with Crippen LogP contribution in [0.15, 0.2) is 83.9 Å². The lowest BCUT2D eigenvalue weighted by atomic mass is 10.2. The van der Waals surface area contributed by atoms with Crippen molar-refractivity contribution in [3.63, 3.8) is 0 Å². The van der Waals surface area contributed by atoms with Crippen LogP contribution in [0.4, 0.5) is 4.79 Å². The summed E-state index contributed by atoms with van der Waals surface area (Å²) in [4.78, 5) is 37.1. The SMILES string of the molecule is CC(C)(C)OC(=O)n1c(-n2cnc3nc(-c4ccc(Cl)cc4Cl)n(-c4ccc(Cl)cc4)c(=O)c32)cc2ccccc21. The molecule has 0 saturated carbocycles. The van der Waals surface area contributed by atoms with E-state index in [1.807, 2.05) is 24.3 Å². The monoisotopic (exact) mass is 605 g/mol. The first-order valence-electron chi connectivity index (χ1n) is 12.6. The molecule has 3 heterocycles. The maximum Gasteiger partial charge on any atom is 0.420 e. The Balaban J connectivity index is 1.67. The molecule has 3 aromatic heterocycles. The summed E-state index contributed by atoms with van der Waals surface area (Å²) in [5.41, 5.74) is 0.763. The van der Waals surface area contributed by atoms with Crippen LogP contribution in [0.25, 0.3) is 45.0 Å². The Morgan fingerprint density at radius 2 is 1.61 bits per heavy atom. The van der Waals surface area contributed by atoms with Crippen molar-refractivity contribution in [2.75, 3.05) is 0 Å². The number of imidazole rings is 1. The zero-order valence-corrected chi connectivity index (χ0v) is 24.4. The number of hydrogen-bond acceptors (Lipinski definition) is 5. The quantitative estimate of drug-likeness (QED) is 0.204. The highest BCUT2D eigenvalue weighted by atomic mass is 35.5. The molecule has 0 saturated heterocycles. The first-order chi connectivity index (χ1) is 19.5. The fourth-order valence-corrected chi connectivity index (χ4v) is 5.26. The van der Waals surface area contributed by atoms with E-state index < -0.39 is 17.3 Å². The third-order valence-electron chi connectivity index (χ3n) is 6.35. The molecule has 0 aliphatic rings. The Labute approximate surface area is 249 Å². The molecule has 6 aromatic rings. The molecule has 0 unspecified atom stereocenters. The molecule has 0 atom stereocenters. The summed E-state index contributed by atoms with van der Waals surface area (Å²) >= 11 is 18.9. The van der Waals surface area contributed by atoms with Gasteiger partial charge >= 0.3 is 6.09 Å². The summed E-state index contributed by atoms with van der Waals surface area (Å²) in [5.74, 6) is 0.645. The van der Waals surface area contributed by atoms with Crippen LogP contribution in [-0.4, -0.2) is 35.4 Å². The number of benzene rings is 3. The highest BCUT2D eigenvalue weighted by molar-refractivity contribution is 6.36. The van der Waals surface area contributed by atoms with Crippen LogP contribution in [0, 0.1) is 0 Å². The Hall–Kier alpha value is -4.11. The van der Waals surface area contributed by atoms with E-state index in [2.05, 4.69) is 4.98 Å². The zero-order valence-electron chi connectivity index (χ0n) is 22.1. The molecule has 0 spiro atoms. The first-order valence-corrected chi connectivity index (χ1v) is 13.7. The Kier molecular flexibility index (Phi) is 6.65. The molecule has 206 valence electrons. The average molecular weight is 607 g/mol. The van der Waals surface area contributed by atoms with Gasteiger partial charge in [-0.25, -0.2) is 19.3 Å². The predicted octanol–water partition coefficient (Wildman–Crippen LogP) is 7.94. The maximum absolute atomic E-state index is 14.4. The third-order valence-corrected chi connectivity index (χ3v) is 7.15. The standard InChI is InChI=1S/C30H22Cl3N5O3/c1-30(2,3)41-29(40)38-23-7-5-4-6-17(23)14-24(38)36-16-34-26-25(36)28(39)37(20-11-8-18(31)9-12-20)27(35-26)21-13-10-19(32)15-22(21)33/h4-16H,1-3H3. The second-order valence-corrected chi connectivity index (χ2v) is 11.6. The molecule has 0 radical (unpaired) electrons. The molecular formula is C30H22Cl3N5O3. The summed E-state index contributed by atoms with van der Waals surface area (Å²) in [7, 11) is 0. The van der Waals surface area contributed by atoms with Gasteiger partial charge in [0.25, 0.3) is 5.56 Å². The van der Waals surface area contributed by atoms with Crippen LogP contribution in [-0.2, 0) is 4.74 Å². The molecular weight excluding hydrogens is 585 g/mol. The van der Waals surface area contributed by atoms with Crippen molar-refractivity contribution in [2.45, 2.75) is 26.4 Å². The fraction of sp³-hybridized carbons (Fsp3) is 0.133. The van der Waals surface area contributed by atoms with Crippen LogP contribution in [0.2, 0.25) is 15.1 Å². The molecule has 11 heteroatoms. The van der Waals surface area contributed by atoms with E-state index in [1.54, 1.807) is 73.9 Å². The van der Waals surface area contributed by atoms with Crippen LogP contribution in [0.5, 0.6) is 0 Å². The number of nitrogens with zero attached hydrogens (tertiary/aromatic N) is 5. The average Bonchev–Trinajstić information content (AvgIpc) is 3.50. The minimum absolute atomic E-state index is 0.154. The molecule has 0 amide bonds. The molecule has 6 rings (SSSR count). The van der Waals surface area contributed by atoms with Gasteiger partial charge in [0.1, 0.15) is 17.7 Å². The van der Waals surface area contributed by atoms with Crippen LogP contribution in [0.1, 0.15) is 20.8 Å². The van der Waals surface area contributed by atoms with Gasteiger partial charge in [0.2, 0.25) is 0 Å². The minimum atomic E-state index is -0.744. The van der Waals surface area contributed by atoms with Gasteiger partial charge in [0.05, 0.1) is 16.2 Å². The van der Waals surface area contributed by atoms with E-state index in [4.69, 9.17) is 44.5 Å². The summed E-state index contributed by atoms with van der Waals surface area (Å²) in [5, 5.41) is 2.05. The zero-order chi connectivity index (χ0) is 29.1. The topological polar surface area (TPSA) is 83.9 Å². The molecule has 0 bridgehead atoms. The highest BCUT2D eigenvalue weighted by Crippen LogP contribution is 2.32. The van der Waals surface area contributed by atoms with Gasteiger partial charge in [-0.05, 0) is 75.4 Å². The number of ether oxygens (including phenoxy) is 1. The molecule has 41 heavy (non-hydrogen) atoms. The first kappa shape index (κ1) is 27.1. The van der Waals surface area contributed by atoms with Gasteiger partial charge < -0.3 is 4.74 Å². The van der Waals surface area contributed by atoms with E-state index in [1.165, 1.54) is 15.5 Å². The van der Waals surface area contributed by atoms with E-state index >= 15 is 0 Å². The van der Waals surface area contributed by atoms with Gasteiger partial charge in [-0.2, -0.15) is 0 Å². The molecule has 0 aliphatic carbocycles. The Morgan fingerprint density at radius 3 is 2.32 bits per heavy atom. The normalized spacial score (nSPS) is 11.9. The van der Waals surface area contributed by atoms with Gasteiger partial charge in [-0.3, -0.25) is 13.9 Å². The minimum Gasteiger partial charge on any atom is -0.443 e. The number of rotatable bonds is 3. The lowest BCUT2D eigenvalue weighted by Crippen LogP contribution is -2.28. The Bertz CT molecular complexity index is 2040. The second-order valence-electron chi connectivity index (χ2n) is 10.3. The van der Waals surface area contributed by atoms with Crippen LogP contribution < -0.4 is 5.56 Å². The van der Waals surface area contributed by atoms with E-state index in [-0.39, 0.29) is 17.0 Å². The second kappa shape index (κ2) is 10.1. The van der Waals surface area contributed by atoms with E-state index in [0.717, 1.165) is 5.39 Å². The highest BCUT2D eigenvalue weighted by Gasteiger charge is 2.26. The number of carbonyl (C=O) groups excluding carboxylic acids is 1.